The number of anilines is 1. The standard InChI is InChI=1S/C6H7N3O4.C6H9N3O2/c1-8-3-4(9(11)12)5(7-8)6(10)13-2;1-9-3-4(7)5(8-9)6(10)11-2/h3H,1-2H3;3H,7H2,1-2H3. The molecule has 24 heavy (non-hydrogen) atoms. The van der Waals surface area contributed by atoms with Crippen LogP contribution in [-0.4, -0.2) is 50.6 Å². The number of methoxy groups -OCH3 is 2. The van der Waals surface area contributed by atoms with Gasteiger partial charge < -0.3 is 15.2 Å². The lowest BCUT2D eigenvalue weighted by molar-refractivity contribution is -0.385. The van der Waals surface area contributed by atoms with Crippen molar-refractivity contribution in [1.82, 2.24) is 19.6 Å². The molecule has 12 heteroatoms. The maximum absolute atomic E-state index is 10.9. The van der Waals surface area contributed by atoms with Crippen molar-refractivity contribution in [2.45, 2.75) is 0 Å². The summed E-state index contributed by atoms with van der Waals surface area (Å²) in [6.45, 7) is 0. The van der Waals surface area contributed by atoms with Crippen LogP contribution in [0.1, 0.15) is 21.0 Å². The van der Waals surface area contributed by atoms with Crippen LogP contribution in [0.3, 0.4) is 0 Å². The van der Waals surface area contributed by atoms with Gasteiger partial charge in [-0.05, 0) is 0 Å². The lowest BCUT2D eigenvalue weighted by Gasteiger charge is -1.93. The zero-order chi connectivity index (χ0) is 18.4. The Balaban J connectivity index is 0.000000243. The summed E-state index contributed by atoms with van der Waals surface area (Å²) in [7, 11) is 5.60. The van der Waals surface area contributed by atoms with Gasteiger partial charge in [0, 0.05) is 20.3 Å². The largest absolute Gasteiger partial charge is 0.464 e. The Labute approximate surface area is 135 Å². The van der Waals surface area contributed by atoms with Gasteiger partial charge in [-0.15, -0.1) is 0 Å². The van der Waals surface area contributed by atoms with Crippen molar-refractivity contribution in [1.29, 1.82) is 0 Å². The lowest BCUT2D eigenvalue weighted by atomic mass is 10.4. The van der Waals surface area contributed by atoms with Crippen LogP contribution in [0.5, 0.6) is 0 Å². The lowest BCUT2D eigenvalue weighted by Crippen LogP contribution is -2.05. The van der Waals surface area contributed by atoms with Gasteiger partial charge in [0.15, 0.2) is 5.69 Å². The highest BCUT2D eigenvalue weighted by atomic mass is 16.6. The summed E-state index contributed by atoms with van der Waals surface area (Å²) in [5.74, 6) is -1.32. The molecule has 2 aromatic heterocycles. The van der Waals surface area contributed by atoms with E-state index in [4.69, 9.17) is 5.73 Å². The number of rotatable bonds is 3. The van der Waals surface area contributed by atoms with Crippen molar-refractivity contribution >= 4 is 23.3 Å². The molecule has 2 aromatic rings. The van der Waals surface area contributed by atoms with E-state index in [0.29, 0.717) is 5.69 Å². The van der Waals surface area contributed by atoms with Gasteiger partial charge >= 0.3 is 17.6 Å². The molecule has 12 nitrogen and oxygen atoms in total. The molecule has 0 spiro atoms. The summed E-state index contributed by atoms with van der Waals surface area (Å²) in [6.07, 6.45) is 2.69. The van der Waals surface area contributed by atoms with Gasteiger partial charge in [-0.1, -0.05) is 0 Å². The highest BCUT2D eigenvalue weighted by molar-refractivity contribution is 5.92. The van der Waals surface area contributed by atoms with Gasteiger partial charge in [0.2, 0.25) is 5.69 Å². The van der Waals surface area contributed by atoms with Crippen molar-refractivity contribution in [3.63, 3.8) is 0 Å². The second-order valence-electron chi connectivity index (χ2n) is 4.38. The Morgan fingerprint density at radius 3 is 1.96 bits per heavy atom. The van der Waals surface area contributed by atoms with E-state index in [0.717, 1.165) is 13.3 Å². The average Bonchev–Trinajstić information content (AvgIpc) is 3.08. The Bertz CT molecular complexity index is 764. The molecule has 0 amide bonds. The quantitative estimate of drug-likeness (QED) is 0.457. The van der Waals surface area contributed by atoms with E-state index in [9.17, 15) is 19.7 Å². The average molecular weight is 340 g/mol. The highest BCUT2D eigenvalue weighted by Crippen LogP contribution is 2.16. The molecule has 2 N–H and O–H groups in total. The minimum atomic E-state index is -0.813. The molecule has 0 bridgehead atoms. The molecular formula is C12H16N6O6. The minimum Gasteiger partial charge on any atom is -0.464 e. The molecule has 0 unspecified atom stereocenters. The van der Waals surface area contributed by atoms with Crippen LogP contribution in [-0.2, 0) is 23.6 Å². The molecule has 0 aromatic carbocycles. The van der Waals surface area contributed by atoms with Crippen LogP contribution >= 0.6 is 0 Å². The summed E-state index contributed by atoms with van der Waals surface area (Å²) in [6, 6.07) is 0. The molecule has 0 saturated heterocycles. The van der Waals surface area contributed by atoms with Crippen LogP contribution in [0.25, 0.3) is 0 Å². The number of nitrogens with zero attached hydrogens (tertiary/aromatic N) is 5. The fraction of sp³-hybridized carbons (Fsp3) is 0.333. The predicted molar refractivity (Wildman–Crippen MR) is 80.2 cm³/mol. The summed E-state index contributed by atoms with van der Waals surface area (Å²) in [5.41, 5.74) is 5.29. The third-order valence-corrected chi connectivity index (χ3v) is 2.62. The third-order valence-electron chi connectivity index (χ3n) is 2.62. The fourth-order valence-corrected chi connectivity index (χ4v) is 1.61. The van der Waals surface area contributed by atoms with E-state index in [1.54, 1.807) is 13.2 Å². The topological polar surface area (TPSA) is 157 Å². The summed E-state index contributed by atoms with van der Waals surface area (Å²) in [5, 5.41) is 17.8. The first-order valence-corrected chi connectivity index (χ1v) is 6.35. The number of hydrogen-bond donors (Lipinski definition) is 1. The van der Waals surface area contributed by atoms with Crippen molar-refractivity contribution in [3.8, 4) is 0 Å². The van der Waals surface area contributed by atoms with Gasteiger partial charge in [-0.3, -0.25) is 19.5 Å². The number of nitrogens with two attached hydrogens (primary N) is 1. The fourth-order valence-electron chi connectivity index (χ4n) is 1.61. The van der Waals surface area contributed by atoms with Crippen LogP contribution in [0, 0.1) is 10.1 Å². The van der Waals surface area contributed by atoms with E-state index in [1.165, 1.54) is 23.5 Å². The van der Waals surface area contributed by atoms with Crippen LogP contribution < -0.4 is 5.73 Å². The van der Waals surface area contributed by atoms with Crippen LogP contribution in [0.15, 0.2) is 12.4 Å². The predicted octanol–water partition coefficient (Wildman–Crippen LogP) is -0.0962. The monoisotopic (exact) mass is 340 g/mol. The number of aromatic nitrogens is 4. The van der Waals surface area contributed by atoms with Gasteiger partial charge in [-0.25, -0.2) is 9.59 Å². The molecule has 0 aliphatic carbocycles. The first kappa shape index (κ1) is 18.6. The van der Waals surface area contributed by atoms with E-state index in [2.05, 4.69) is 19.7 Å². The Morgan fingerprint density at radius 2 is 1.54 bits per heavy atom. The molecular weight excluding hydrogens is 324 g/mol. The summed E-state index contributed by atoms with van der Waals surface area (Å²) in [4.78, 5) is 31.5. The molecule has 0 fully saturated rings. The highest BCUT2D eigenvalue weighted by Gasteiger charge is 2.25. The number of aryl methyl sites for hydroxylation is 2. The number of hydrogen-bond acceptors (Lipinski definition) is 9. The molecule has 2 heterocycles. The maximum atomic E-state index is 10.9. The van der Waals surface area contributed by atoms with Crippen LogP contribution in [0.4, 0.5) is 11.4 Å². The number of nitrogen functional groups attached to an aromatic ring is 1. The Kier molecular flexibility index (Phi) is 5.98. The molecule has 130 valence electrons. The van der Waals surface area contributed by atoms with E-state index < -0.39 is 16.9 Å². The molecule has 0 aliphatic heterocycles. The van der Waals surface area contributed by atoms with Crippen molar-refractivity contribution < 1.29 is 24.0 Å². The van der Waals surface area contributed by atoms with Gasteiger partial charge in [0.1, 0.15) is 6.20 Å². The van der Waals surface area contributed by atoms with Crippen molar-refractivity contribution in [3.05, 3.63) is 33.9 Å². The Hall–Kier alpha value is -3.44. The van der Waals surface area contributed by atoms with Gasteiger partial charge in [0.05, 0.1) is 24.8 Å². The van der Waals surface area contributed by atoms with Gasteiger partial charge in [0.25, 0.3) is 0 Å². The third kappa shape index (κ3) is 4.28. The summed E-state index contributed by atoms with van der Waals surface area (Å²) < 4.78 is 11.4. The van der Waals surface area contributed by atoms with E-state index in [-0.39, 0.29) is 17.1 Å². The minimum absolute atomic E-state index is 0.162. The molecule has 0 atom stereocenters. The zero-order valence-corrected chi connectivity index (χ0v) is 13.4. The van der Waals surface area contributed by atoms with Crippen molar-refractivity contribution in [2.75, 3.05) is 20.0 Å². The summed E-state index contributed by atoms with van der Waals surface area (Å²) >= 11 is 0. The number of esters is 2. The molecule has 0 radical (unpaired) electrons. The smallest absolute Gasteiger partial charge is 0.365 e. The number of nitro groups is 1. The Morgan fingerprint density at radius 1 is 1.08 bits per heavy atom. The van der Waals surface area contributed by atoms with Gasteiger partial charge in [-0.2, -0.15) is 10.2 Å². The SMILES string of the molecule is COC(=O)c1nn(C)cc1N.COC(=O)c1nn(C)cc1[N+](=O)[O-]. The van der Waals surface area contributed by atoms with E-state index in [1.807, 2.05) is 0 Å². The van der Waals surface area contributed by atoms with Crippen LogP contribution in [0.2, 0.25) is 0 Å². The molecule has 0 aliphatic rings. The normalized spacial score (nSPS) is 9.67. The first-order valence-electron chi connectivity index (χ1n) is 6.35. The molecule has 2 rings (SSSR count). The second-order valence-corrected chi connectivity index (χ2v) is 4.38. The first-order chi connectivity index (χ1) is 11.2. The number of carbonyl (C=O) groups excluding carboxylic acids is 2. The second kappa shape index (κ2) is 7.71. The van der Waals surface area contributed by atoms with E-state index >= 15 is 0 Å². The zero-order valence-electron chi connectivity index (χ0n) is 13.4. The maximum Gasteiger partial charge on any atom is 0.365 e. The number of ether oxygens (including phenoxy) is 2. The molecule has 0 saturated carbocycles. The number of carbonyl (C=O) groups is 2. The van der Waals surface area contributed by atoms with Crippen molar-refractivity contribution in [2.24, 2.45) is 14.1 Å².